The quantitative estimate of drug-likeness (QED) is 0.448. The van der Waals surface area contributed by atoms with Crippen LogP contribution in [-0.2, 0) is 6.42 Å². The summed E-state index contributed by atoms with van der Waals surface area (Å²) in [4.78, 5) is 41.2. The number of fused-ring (bicyclic) bond motifs is 1. The maximum Gasteiger partial charge on any atom is 0.305 e. The van der Waals surface area contributed by atoms with Gasteiger partial charge in [-0.15, -0.1) is 0 Å². The number of aryl methyl sites for hydroxylation is 1. The number of aromatic nitrogens is 1. The summed E-state index contributed by atoms with van der Waals surface area (Å²) < 4.78 is 19.5. The first-order chi connectivity index (χ1) is 16.3. The van der Waals surface area contributed by atoms with Crippen LogP contribution < -0.4 is 16.3 Å². The topological polar surface area (TPSA) is 126 Å². The first kappa shape index (κ1) is 23.3. The van der Waals surface area contributed by atoms with Crippen LogP contribution in [0.25, 0.3) is 0 Å². The maximum absolute atomic E-state index is 13.0. The minimum absolute atomic E-state index is 0.0292. The fourth-order valence-corrected chi connectivity index (χ4v) is 3.92. The summed E-state index contributed by atoms with van der Waals surface area (Å²) in [5, 5.41) is 4.27. The molecule has 1 aliphatic rings. The maximum atomic E-state index is 13.0. The Morgan fingerprint density at radius 1 is 1.03 bits per heavy atom. The van der Waals surface area contributed by atoms with Gasteiger partial charge in [0, 0.05) is 40.0 Å². The lowest BCUT2D eigenvalue weighted by atomic mass is 9.93. The zero-order valence-corrected chi connectivity index (χ0v) is 19.5. The second-order valence-corrected chi connectivity index (χ2v) is 8.43. The normalized spacial score (nSPS) is 13.8. The Morgan fingerprint density at radius 3 is 2.50 bits per heavy atom. The highest BCUT2D eigenvalue weighted by molar-refractivity contribution is 9.10. The van der Waals surface area contributed by atoms with Gasteiger partial charge in [0.1, 0.15) is 11.6 Å². The van der Waals surface area contributed by atoms with E-state index in [1.807, 2.05) is 0 Å². The van der Waals surface area contributed by atoms with Gasteiger partial charge in [-0.25, -0.2) is 9.82 Å². The Balaban J connectivity index is 1.48. The Hall–Kier alpha value is -3.86. The van der Waals surface area contributed by atoms with E-state index >= 15 is 0 Å². The molecule has 4 rings (SSSR count). The molecule has 0 bridgehead atoms. The minimum Gasteiger partial charge on any atom is -0.455 e. The number of hydrogen-bond acceptors (Lipinski definition) is 6. The molecule has 0 aliphatic heterocycles. The largest absolute Gasteiger partial charge is 0.455 e. The summed E-state index contributed by atoms with van der Waals surface area (Å²) in [6.45, 7) is 1.71. The zero-order valence-electron chi connectivity index (χ0n) is 17.9. The molecular formula is C23H19BrFN5O4. The molecule has 0 saturated heterocycles. The van der Waals surface area contributed by atoms with Crippen molar-refractivity contribution in [3.8, 4) is 0 Å². The molecule has 0 atom stereocenters. The molecule has 0 radical (unpaired) electrons. The Kier molecular flexibility index (Phi) is 6.82. The predicted octanol–water partition coefficient (Wildman–Crippen LogP) is 3.43. The SMILES string of the molecule is Cc1c(C(=O)NNC(=O)c2ccc(F)cc2)oc2c1/C(=N/NC(=O)c1cncc(Br)c1)CCC2. The van der Waals surface area contributed by atoms with Crippen molar-refractivity contribution in [1.29, 1.82) is 0 Å². The van der Waals surface area contributed by atoms with Gasteiger partial charge in [-0.3, -0.25) is 30.2 Å². The van der Waals surface area contributed by atoms with E-state index in [0.717, 1.165) is 18.6 Å². The number of furan rings is 1. The molecule has 3 N–H and O–H groups in total. The van der Waals surface area contributed by atoms with Gasteiger partial charge in [-0.05, 0) is 66.0 Å². The van der Waals surface area contributed by atoms with Gasteiger partial charge in [0.2, 0.25) is 0 Å². The lowest BCUT2D eigenvalue weighted by molar-refractivity contribution is 0.0829. The van der Waals surface area contributed by atoms with Crippen LogP contribution in [0.3, 0.4) is 0 Å². The number of hydrazine groups is 1. The second kappa shape index (κ2) is 9.96. The zero-order chi connectivity index (χ0) is 24.2. The van der Waals surface area contributed by atoms with Crippen LogP contribution >= 0.6 is 15.9 Å². The van der Waals surface area contributed by atoms with Gasteiger partial charge in [0.25, 0.3) is 11.8 Å². The third kappa shape index (κ3) is 5.04. The number of carbonyl (C=O) groups excluding carboxylic acids is 3. The van der Waals surface area contributed by atoms with E-state index in [0.29, 0.717) is 45.5 Å². The van der Waals surface area contributed by atoms with Crippen LogP contribution in [0.4, 0.5) is 4.39 Å². The summed E-state index contributed by atoms with van der Waals surface area (Å²) in [5.41, 5.74) is 9.43. The number of halogens is 2. The third-order valence-corrected chi connectivity index (χ3v) is 5.62. The average Bonchev–Trinajstić information content (AvgIpc) is 3.18. The number of pyridine rings is 1. The first-order valence-corrected chi connectivity index (χ1v) is 11.1. The Bertz CT molecular complexity index is 1300. The molecule has 1 aliphatic carbocycles. The van der Waals surface area contributed by atoms with Gasteiger partial charge in [-0.1, -0.05) is 0 Å². The summed E-state index contributed by atoms with van der Waals surface area (Å²) in [5.74, 6) is -1.53. The fourth-order valence-electron chi connectivity index (χ4n) is 3.56. The molecule has 11 heteroatoms. The standard InChI is InChI=1S/C23H19BrFN5O4/c1-12-19-17(27-28-22(32)14-9-15(24)11-26-10-14)3-2-4-18(19)34-20(12)23(33)30-29-21(31)13-5-7-16(25)8-6-13/h5-11H,2-4H2,1H3,(H,28,32)(H,29,31)(H,30,33)/b27-17+. The summed E-state index contributed by atoms with van der Waals surface area (Å²) in [6.07, 6.45) is 4.92. The number of nitrogens with one attached hydrogen (secondary N) is 3. The number of carbonyl (C=O) groups is 3. The lowest BCUT2D eigenvalue weighted by Crippen LogP contribution is -2.41. The number of rotatable bonds is 4. The number of hydrazone groups is 1. The van der Waals surface area contributed by atoms with Crippen molar-refractivity contribution in [1.82, 2.24) is 21.3 Å². The van der Waals surface area contributed by atoms with Crippen molar-refractivity contribution in [2.75, 3.05) is 0 Å². The van der Waals surface area contributed by atoms with Crippen LogP contribution in [0.2, 0.25) is 0 Å². The number of benzene rings is 1. The molecular weight excluding hydrogens is 509 g/mol. The summed E-state index contributed by atoms with van der Waals surface area (Å²) in [6, 6.07) is 6.52. The predicted molar refractivity (Wildman–Crippen MR) is 124 cm³/mol. The van der Waals surface area contributed by atoms with E-state index in [4.69, 9.17) is 4.42 Å². The van der Waals surface area contributed by atoms with E-state index in [-0.39, 0.29) is 11.3 Å². The molecule has 2 aromatic heterocycles. The highest BCUT2D eigenvalue weighted by Gasteiger charge is 2.28. The van der Waals surface area contributed by atoms with Crippen LogP contribution in [0.1, 0.15) is 61.0 Å². The van der Waals surface area contributed by atoms with Gasteiger partial charge in [0.05, 0.1) is 11.3 Å². The molecule has 34 heavy (non-hydrogen) atoms. The first-order valence-electron chi connectivity index (χ1n) is 10.3. The Labute approximate surface area is 201 Å². The highest BCUT2D eigenvalue weighted by Crippen LogP contribution is 2.29. The molecule has 174 valence electrons. The van der Waals surface area contributed by atoms with Crippen molar-refractivity contribution in [2.45, 2.75) is 26.2 Å². The third-order valence-electron chi connectivity index (χ3n) is 5.19. The highest BCUT2D eigenvalue weighted by atomic mass is 79.9. The van der Waals surface area contributed by atoms with Gasteiger partial charge in [-0.2, -0.15) is 5.10 Å². The van der Waals surface area contributed by atoms with Gasteiger partial charge < -0.3 is 4.42 Å². The van der Waals surface area contributed by atoms with Crippen molar-refractivity contribution < 1.29 is 23.2 Å². The molecule has 1 aromatic carbocycles. The number of amides is 3. The van der Waals surface area contributed by atoms with Crippen molar-refractivity contribution in [2.24, 2.45) is 5.10 Å². The molecule has 0 fully saturated rings. The van der Waals surface area contributed by atoms with Crippen molar-refractivity contribution >= 4 is 39.4 Å². The number of hydrogen-bond donors (Lipinski definition) is 3. The second-order valence-electron chi connectivity index (χ2n) is 7.51. The molecule has 3 aromatic rings. The number of nitrogens with zero attached hydrogens (tertiary/aromatic N) is 2. The van der Waals surface area contributed by atoms with E-state index in [9.17, 15) is 18.8 Å². The lowest BCUT2D eigenvalue weighted by Gasteiger charge is -2.13. The molecule has 2 heterocycles. The van der Waals surface area contributed by atoms with Crippen LogP contribution in [0, 0.1) is 12.7 Å². The van der Waals surface area contributed by atoms with E-state index in [2.05, 4.69) is 42.3 Å². The molecule has 9 nitrogen and oxygen atoms in total. The van der Waals surface area contributed by atoms with Crippen molar-refractivity contribution in [3.63, 3.8) is 0 Å². The van der Waals surface area contributed by atoms with Crippen LogP contribution in [0.5, 0.6) is 0 Å². The van der Waals surface area contributed by atoms with Gasteiger partial charge in [0.15, 0.2) is 5.76 Å². The summed E-state index contributed by atoms with van der Waals surface area (Å²) in [7, 11) is 0. The van der Waals surface area contributed by atoms with E-state index in [1.165, 1.54) is 18.3 Å². The monoisotopic (exact) mass is 527 g/mol. The smallest absolute Gasteiger partial charge is 0.305 e. The molecule has 0 spiro atoms. The fraction of sp³-hybridized carbons (Fsp3) is 0.174. The van der Waals surface area contributed by atoms with Crippen LogP contribution in [0.15, 0.2) is 56.7 Å². The van der Waals surface area contributed by atoms with Crippen LogP contribution in [-0.4, -0.2) is 28.4 Å². The summed E-state index contributed by atoms with van der Waals surface area (Å²) >= 11 is 3.27. The molecule has 0 unspecified atom stereocenters. The van der Waals surface area contributed by atoms with Gasteiger partial charge >= 0.3 is 5.91 Å². The minimum atomic E-state index is -0.647. The average molecular weight is 528 g/mol. The van der Waals surface area contributed by atoms with Crippen molar-refractivity contribution in [3.05, 3.63) is 86.8 Å². The van der Waals surface area contributed by atoms with E-state index in [1.54, 1.807) is 19.2 Å². The molecule has 0 saturated carbocycles. The Morgan fingerprint density at radius 2 is 1.76 bits per heavy atom. The molecule has 3 amide bonds. The van der Waals surface area contributed by atoms with E-state index < -0.39 is 23.5 Å².